The summed E-state index contributed by atoms with van der Waals surface area (Å²) in [7, 11) is 0. The Morgan fingerprint density at radius 1 is 0.871 bits per heavy atom. The lowest BCUT2D eigenvalue weighted by Gasteiger charge is -2.20. The summed E-state index contributed by atoms with van der Waals surface area (Å²) in [6, 6.07) is -0.529. The van der Waals surface area contributed by atoms with E-state index in [0.29, 0.717) is 13.0 Å². The van der Waals surface area contributed by atoms with Gasteiger partial charge in [-0.3, -0.25) is 4.79 Å². The Bertz CT molecular complexity index is 430. The lowest BCUT2D eigenvalue weighted by molar-refractivity contribution is -0.149. The molecule has 0 bridgehead atoms. The highest BCUT2D eigenvalue weighted by Crippen LogP contribution is 2.13. The summed E-state index contributed by atoms with van der Waals surface area (Å²) >= 11 is 2.08. The number of unbranched alkanes of at least 4 members (excludes halogenated alkanes) is 8. The van der Waals surface area contributed by atoms with Gasteiger partial charge in [-0.2, -0.15) is 11.8 Å². The van der Waals surface area contributed by atoms with Gasteiger partial charge in [-0.1, -0.05) is 72.6 Å². The normalized spacial score (nSPS) is 11.4. The van der Waals surface area contributed by atoms with E-state index >= 15 is 0 Å². The quantitative estimate of drug-likeness (QED) is 0.139. The molecular formula is C25H49NO4S. The van der Waals surface area contributed by atoms with E-state index in [4.69, 9.17) is 9.53 Å². The lowest BCUT2D eigenvalue weighted by Crippen LogP contribution is -2.45. The average molecular weight is 460 g/mol. The maximum atomic E-state index is 12.2. The van der Waals surface area contributed by atoms with Gasteiger partial charge >= 0.3 is 5.97 Å². The van der Waals surface area contributed by atoms with Crippen molar-refractivity contribution < 1.29 is 19.1 Å². The van der Waals surface area contributed by atoms with Crippen LogP contribution in [0.15, 0.2) is 0 Å². The Labute approximate surface area is 196 Å². The summed E-state index contributed by atoms with van der Waals surface area (Å²) in [6.07, 6.45) is 14.2. The molecule has 0 aromatic heterocycles. The molecule has 1 unspecified atom stereocenters. The van der Waals surface area contributed by atoms with Gasteiger partial charge in [0.15, 0.2) is 0 Å². The fraction of sp³-hybridized carbons (Fsp3) is 0.880. The molecule has 31 heavy (non-hydrogen) atoms. The molecule has 0 rings (SSSR count). The van der Waals surface area contributed by atoms with Crippen molar-refractivity contribution in [3.63, 3.8) is 0 Å². The zero-order chi connectivity index (χ0) is 23.7. The molecule has 0 saturated carbocycles. The first-order valence-electron chi connectivity index (χ1n) is 12.4. The van der Waals surface area contributed by atoms with Crippen molar-refractivity contribution in [2.45, 2.75) is 118 Å². The van der Waals surface area contributed by atoms with Gasteiger partial charge in [-0.25, -0.2) is 4.79 Å². The highest BCUT2D eigenvalue weighted by atomic mass is 32.2. The second-order valence-corrected chi connectivity index (χ2v) is 9.46. The highest BCUT2D eigenvalue weighted by molar-refractivity contribution is 7.99. The summed E-state index contributed by atoms with van der Waals surface area (Å²) in [5, 5.41) is 2.87. The molecule has 6 heteroatoms. The second-order valence-electron chi connectivity index (χ2n) is 8.24. The standard InChI is InChI=1S/C23H45NO3S.C2H4O/c1-5-7-9-14-18-28-19-15-12-10-11-13-16-21(25)24-22(20(3)4)23(26)27-17-8-6-2;1-2-3/h20,22H,5-19H2,1-4H3,(H,24,25);2H,1H3. The van der Waals surface area contributed by atoms with Crippen LogP contribution in [-0.4, -0.2) is 42.3 Å². The third kappa shape index (κ3) is 23.5. The smallest absolute Gasteiger partial charge is 0.328 e. The Morgan fingerprint density at radius 3 is 1.94 bits per heavy atom. The molecule has 0 saturated heterocycles. The minimum Gasteiger partial charge on any atom is -0.464 e. The van der Waals surface area contributed by atoms with E-state index < -0.39 is 6.04 Å². The summed E-state index contributed by atoms with van der Waals surface area (Å²) in [5.74, 6) is 2.27. The topological polar surface area (TPSA) is 72.5 Å². The first-order valence-corrected chi connectivity index (χ1v) is 13.5. The van der Waals surface area contributed by atoms with E-state index in [9.17, 15) is 9.59 Å². The molecule has 1 N–H and O–H groups in total. The fourth-order valence-electron chi connectivity index (χ4n) is 2.90. The molecular weight excluding hydrogens is 410 g/mol. The van der Waals surface area contributed by atoms with E-state index in [-0.39, 0.29) is 17.8 Å². The molecule has 184 valence electrons. The van der Waals surface area contributed by atoms with Crippen LogP contribution in [0.3, 0.4) is 0 Å². The van der Waals surface area contributed by atoms with Crippen molar-refractivity contribution in [2.75, 3.05) is 18.1 Å². The van der Waals surface area contributed by atoms with Gasteiger partial charge in [0, 0.05) is 6.42 Å². The predicted molar refractivity (Wildman–Crippen MR) is 134 cm³/mol. The first kappa shape index (κ1) is 32.1. The van der Waals surface area contributed by atoms with Crippen LogP contribution >= 0.6 is 11.8 Å². The summed E-state index contributed by atoms with van der Waals surface area (Å²) in [5.41, 5.74) is 0. The number of aldehydes is 1. The zero-order valence-corrected chi connectivity index (χ0v) is 21.7. The lowest BCUT2D eigenvalue weighted by atomic mass is 10.0. The zero-order valence-electron chi connectivity index (χ0n) is 20.9. The summed E-state index contributed by atoms with van der Waals surface area (Å²) in [6.45, 7) is 10.1. The maximum absolute atomic E-state index is 12.2. The highest BCUT2D eigenvalue weighted by Gasteiger charge is 2.25. The van der Waals surface area contributed by atoms with Crippen LogP contribution < -0.4 is 5.32 Å². The van der Waals surface area contributed by atoms with Crippen molar-refractivity contribution in [1.82, 2.24) is 5.32 Å². The SMILES string of the molecule is CC=O.CCCCCCSCCCCCCCC(=O)NC(C(=O)OCCCC)C(C)C. The van der Waals surface area contributed by atoms with Crippen LogP contribution in [0.2, 0.25) is 0 Å². The largest absolute Gasteiger partial charge is 0.464 e. The molecule has 0 aliphatic carbocycles. The van der Waals surface area contributed by atoms with Crippen LogP contribution in [0.4, 0.5) is 0 Å². The predicted octanol–water partition coefficient (Wildman–Crippen LogP) is 6.33. The van der Waals surface area contributed by atoms with Gasteiger partial charge in [0.25, 0.3) is 0 Å². The van der Waals surface area contributed by atoms with Crippen molar-refractivity contribution in [1.29, 1.82) is 0 Å². The number of rotatable bonds is 19. The first-order chi connectivity index (χ1) is 14.9. The van der Waals surface area contributed by atoms with Crippen LogP contribution in [0.5, 0.6) is 0 Å². The number of hydrogen-bond donors (Lipinski definition) is 1. The molecule has 0 radical (unpaired) electrons. The molecule has 1 amide bonds. The number of nitrogens with one attached hydrogen (secondary N) is 1. The second kappa shape index (κ2) is 25.2. The van der Waals surface area contributed by atoms with E-state index in [2.05, 4.69) is 30.9 Å². The Hall–Kier alpha value is -1.04. The van der Waals surface area contributed by atoms with Crippen LogP contribution in [-0.2, 0) is 19.1 Å². The van der Waals surface area contributed by atoms with Gasteiger partial charge < -0.3 is 14.8 Å². The monoisotopic (exact) mass is 459 g/mol. The Balaban J connectivity index is 0. The molecule has 0 aromatic rings. The summed E-state index contributed by atoms with van der Waals surface area (Å²) < 4.78 is 5.27. The molecule has 0 fully saturated rings. The maximum Gasteiger partial charge on any atom is 0.328 e. The molecule has 0 aliphatic rings. The number of thioether (sulfide) groups is 1. The van der Waals surface area contributed by atoms with E-state index in [1.165, 1.54) is 63.4 Å². The Morgan fingerprint density at radius 2 is 1.39 bits per heavy atom. The summed E-state index contributed by atoms with van der Waals surface area (Å²) in [4.78, 5) is 33.1. The number of esters is 1. The van der Waals surface area contributed by atoms with Crippen molar-refractivity contribution in [3.05, 3.63) is 0 Å². The van der Waals surface area contributed by atoms with E-state index in [0.717, 1.165) is 32.0 Å². The number of carbonyl (C=O) groups excluding carboxylic acids is 3. The van der Waals surface area contributed by atoms with Gasteiger partial charge in [-0.05, 0) is 50.0 Å². The minimum atomic E-state index is -0.529. The third-order valence-corrected chi connectivity index (χ3v) is 5.97. The van der Waals surface area contributed by atoms with Crippen LogP contribution in [0, 0.1) is 5.92 Å². The van der Waals surface area contributed by atoms with Crippen molar-refractivity contribution >= 4 is 29.9 Å². The molecule has 0 aliphatic heterocycles. The van der Waals surface area contributed by atoms with Gasteiger partial charge in [0.1, 0.15) is 12.3 Å². The van der Waals surface area contributed by atoms with E-state index in [1.807, 2.05) is 13.8 Å². The molecule has 1 atom stereocenters. The molecule has 5 nitrogen and oxygen atoms in total. The van der Waals surface area contributed by atoms with Gasteiger partial charge in [-0.15, -0.1) is 0 Å². The number of amides is 1. The van der Waals surface area contributed by atoms with Crippen LogP contribution in [0.25, 0.3) is 0 Å². The molecule has 0 aromatic carbocycles. The Kier molecular flexibility index (Phi) is 26.2. The van der Waals surface area contributed by atoms with E-state index in [1.54, 1.807) is 0 Å². The number of carbonyl (C=O) groups is 3. The van der Waals surface area contributed by atoms with Gasteiger partial charge in [0.2, 0.25) is 5.91 Å². The number of hydrogen-bond acceptors (Lipinski definition) is 5. The molecule has 0 heterocycles. The average Bonchev–Trinajstić information content (AvgIpc) is 2.73. The minimum absolute atomic E-state index is 0.0335. The molecule has 0 spiro atoms. The fourth-order valence-corrected chi connectivity index (χ4v) is 3.92. The van der Waals surface area contributed by atoms with Crippen molar-refractivity contribution in [3.8, 4) is 0 Å². The number of ether oxygens (including phenoxy) is 1. The third-order valence-electron chi connectivity index (χ3n) is 4.81. The van der Waals surface area contributed by atoms with Crippen LogP contribution in [0.1, 0.15) is 112 Å². The van der Waals surface area contributed by atoms with Gasteiger partial charge in [0.05, 0.1) is 6.61 Å². The van der Waals surface area contributed by atoms with Crippen molar-refractivity contribution in [2.24, 2.45) is 5.92 Å².